The molecule has 1 unspecified atom stereocenters. The quantitative estimate of drug-likeness (QED) is 0.244. The van der Waals surface area contributed by atoms with Crippen molar-refractivity contribution in [2.45, 2.75) is 51.6 Å². The molecule has 0 fully saturated rings. The number of nitrogens with one attached hydrogen (secondary N) is 2. The maximum Gasteiger partial charge on any atom is 0.305 e. The van der Waals surface area contributed by atoms with Gasteiger partial charge in [-0.1, -0.05) is 12.8 Å². The molecule has 0 aliphatic heterocycles. The van der Waals surface area contributed by atoms with E-state index in [0.717, 1.165) is 38.8 Å². The van der Waals surface area contributed by atoms with Crippen molar-refractivity contribution >= 4 is 11.9 Å². The molecule has 0 bridgehead atoms. The van der Waals surface area contributed by atoms with Crippen LogP contribution in [-0.2, 0) is 15.1 Å². The van der Waals surface area contributed by atoms with E-state index in [2.05, 4.69) is 20.4 Å². The Morgan fingerprint density at radius 1 is 1.32 bits per heavy atom. The Hall–Kier alpha value is -2.02. The third-order valence-electron chi connectivity index (χ3n) is 3.77. The number of unbranched alkanes of at least 4 members (excludes halogenated alkanes) is 3. The lowest BCUT2D eigenvalue weighted by atomic mass is 10.0. The van der Waals surface area contributed by atoms with Gasteiger partial charge in [0.2, 0.25) is 0 Å². The van der Waals surface area contributed by atoms with E-state index in [1.807, 2.05) is 6.92 Å². The zero-order chi connectivity index (χ0) is 18.5. The third-order valence-corrected chi connectivity index (χ3v) is 3.77. The highest BCUT2D eigenvalue weighted by Gasteiger charge is 2.25. The number of guanidine groups is 1. The van der Waals surface area contributed by atoms with E-state index in [1.165, 1.54) is 13.4 Å². The summed E-state index contributed by atoms with van der Waals surface area (Å²) in [5.41, 5.74) is -1.14. The standard InChI is InChI=1S/C18H31N3O4/c1-4-19-17(20-12-8-6-5-7-11-16(22)24-3)21-14-18(2,23)15-10-9-13-25-15/h9-10,13,23H,4-8,11-12,14H2,1-3H3,(H2,19,20,21). The fourth-order valence-electron chi connectivity index (χ4n) is 2.29. The van der Waals surface area contributed by atoms with Crippen molar-refractivity contribution in [2.24, 2.45) is 4.99 Å². The van der Waals surface area contributed by atoms with Crippen molar-refractivity contribution in [3.05, 3.63) is 24.2 Å². The fraction of sp³-hybridized carbons (Fsp3) is 0.667. The summed E-state index contributed by atoms with van der Waals surface area (Å²) in [5.74, 6) is 1.02. The van der Waals surface area contributed by atoms with Crippen molar-refractivity contribution in [2.75, 3.05) is 26.7 Å². The molecule has 1 aromatic heterocycles. The maximum absolute atomic E-state index is 11.0. The first-order valence-electron chi connectivity index (χ1n) is 8.85. The second kappa shape index (κ2) is 11.5. The number of hydrogen-bond donors (Lipinski definition) is 3. The first-order chi connectivity index (χ1) is 12.0. The Morgan fingerprint density at radius 2 is 2.08 bits per heavy atom. The first-order valence-corrected chi connectivity index (χ1v) is 8.85. The van der Waals surface area contributed by atoms with E-state index in [1.54, 1.807) is 19.1 Å². The second-order valence-electron chi connectivity index (χ2n) is 6.11. The maximum atomic E-state index is 11.0. The van der Waals surface area contributed by atoms with Crippen LogP contribution in [0.4, 0.5) is 0 Å². The normalized spacial score (nSPS) is 14.0. The topological polar surface area (TPSA) is 96.1 Å². The van der Waals surface area contributed by atoms with Crippen LogP contribution >= 0.6 is 0 Å². The lowest BCUT2D eigenvalue weighted by Crippen LogP contribution is -2.39. The number of aliphatic hydroxyl groups is 1. The van der Waals surface area contributed by atoms with Crippen LogP contribution in [0.15, 0.2) is 27.8 Å². The number of furan rings is 1. The van der Waals surface area contributed by atoms with E-state index in [-0.39, 0.29) is 12.5 Å². The van der Waals surface area contributed by atoms with E-state index in [9.17, 15) is 9.90 Å². The molecule has 1 heterocycles. The molecule has 0 aliphatic carbocycles. The van der Waals surface area contributed by atoms with Crippen LogP contribution < -0.4 is 10.6 Å². The van der Waals surface area contributed by atoms with Gasteiger partial charge in [0.05, 0.1) is 19.9 Å². The summed E-state index contributed by atoms with van der Waals surface area (Å²) in [6.45, 7) is 5.41. The molecule has 0 aliphatic rings. The van der Waals surface area contributed by atoms with Gasteiger partial charge in [-0.05, 0) is 38.8 Å². The molecule has 0 radical (unpaired) electrons. The first kappa shape index (κ1) is 21.0. The number of hydrogen-bond acceptors (Lipinski definition) is 5. The minimum Gasteiger partial charge on any atom is -0.469 e. The molecule has 3 N–H and O–H groups in total. The molecular weight excluding hydrogens is 322 g/mol. The third kappa shape index (κ3) is 8.58. The van der Waals surface area contributed by atoms with Crippen molar-refractivity contribution in [3.8, 4) is 0 Å². The molecule has 0 saturated carbocycles. The summed E-state index contributed by atoms with van der Waals surface area (Å²) < 4.78 is 9.87. The van der Waals surface area contributed by atoms with Crippen LogP contribution in [0.2, 0.25) is 0 Å². The van der Waals surface area contributed by atoms with E-state index in [0.29, 0.717) is 18.1 Å². The molecule has 0 amide bonds. The van der Waals surface area contributed by atoms with Gasteiger partial charge in [0, 0.05) is 19.5 Å². The van der Waals surface area contributed by atoms with Crippen molar-refractivity contribution in [1.82, 2.24) is 10.6 Å². The summed E-state index contributed by atoms with van der Waals surface area (Å²) in [4.78, 5) is 15.4. The summed E-state index contributed by atoms with van der Waals surface area (Å²) in [6.07, 6.45) is 5.89. The van der Waals surface area contributed by atoms with Gasteiger partial charge < -0.3 is 24.9 Å². The lowest BCUT2D eigenvalue weighted by Gasteiger charge is -2.19. The summed E-state index contributed by atoms with van der Waals surface area (Å²) in [6, 6.07) is 3.49. The largest absolute Gasteiger partial charge is 0.469 e. The fourth-order valence-corrected chi connectivity index (χ4v) is 2.29. The van der Waals surface area contributed by atoms with Crippen LogP contribution in [0.1, 0.15) is 51.7 Å². The van der Waals surface area contributed by atoms with Gasteiger partial charge in [0.25, 0.3) is 0 Å². The number of aliphatic imine (C=N–C) groups is 1. The minimum absolute atomic E-state index is 0.150. The van der Waals surface area contributed by atoms with Crippen LogP contribution in [0.3, 0.4) is 0 Å². The second-order valence-corrected chi connectivity index (χ2v) is 6.11. The lowest BCUT2D eigenvalue weighted by molar-refractivity contribution is -0.140. The Bertz CT molecular complexity index is 512. The van der Waals surface area contributed by atoms with E-state index in [4.69, 9.17) is 4.42 Å². The van der Waals surface area contributed by atoms with Gasteiger partial charge in [0.1, 0.15) is 11.4 Å². The number of carbonyl (C=O) groups is 1. The monoisotopic (exact) mass is 353 g/mol. The molecule has 0 saturated heterocycles. The summed E-state index contributed by atoms with van der Waals surface area (Å²) in [7, 11) is 1.41. The highest BCUT2D eigenvalue weighted by Crippen LogP contribution is 2.20. The van der Waals surface area contributed by atoms with Gasteiger partial charge in [-0.15, -0.1) is 0 Å². The van der Waals surface area contributed by atoms with Crippen LogP contribution in [-0.4, -0.2) is 43.8 Å². The van der Waals surface area contributed by atoms with Gasteiger partial charge in [0.15, 0.2) is 5.96 Å². The van der Waals surface area contributed by atoms with Gasteiger partial charge in [-0.2, -0.15) is 0 Å². The van der Waals surface area contributed by atoms with E-state index >= 15 is 0 Å². The van der Waals surface area contributed by atoms with Gasteiger partial charge in [-0.25, -0.2) is 4.99 Å². The number of esters is 1. The summed E-state index contributed by atoms with van der Waals surface area (Å²) in [5, 5.41) is 16.8. The van der Waals surface area contributed by atoms with Crippen LogP contribution in [0, 0.1) is 0 Å². The van der Waals surface area contributed by atoms with Crippen LogP contribution in [0.5, 0.6) is 0 Å². The molecule has 25 heavy (non-hydrogen) atoms. The Balaban J connectivity index is 2.30. The minimum atomic E-state index is -1.14. The Kier molecular flexibility index (Phi) is 9.69. The van der Waals surface area contributed by atoms with Crippen molar-refractivity contribution in [1.29, 1.82) is 0 Å². The Morgan fingerprint density at radius 3 is 2.72 bits per heavy atom. The Labute approximate surface area is 149 Å². The zero-order valence-electron chi connectivity index (χ0n) is 15.5. The van der Waals surface area contributed by atoms with Crippen LogP contribution in [0.25, 0.3) is 0 Å². The van der Waals surface area contributed by atoms with E-state index < -0.39 is 5.60 Å². The smallest absolute Gasteiger partial charge is 0.305 e. The molecule has 7 nitrogen and oxygen atoms in total. The zero-order valence-corrected chi connectivity index (χ0v) is 15.5. The SMILES string of the molecule is CCNC(=NCC(C)(O)c1ccco1)NCCCCCCC(=O)OC. The average molecular weight is 353 g/mol. The molecular formula is C18H31N3O4. The molecule has 1 aromatic rings. The number of nitrogens with zero attached hydrogens (tertiary/aromatic N) is 1. The molecule has 142 valence electrons. The number of ether oxygens (including phenoxy) is 1. The number of methoxy groups -OCH3 is 1. The molecule has 0 spiro atoms. The van der Waals surface area contributed by atoms with Gasteiger partial charge in [-0.3, -0.25) is 4.79 Å². The molecule has 7 heteroatoms. The van der Waals surface area contributed by atoms with Gasteiger partial charge >= 0.3 is 5.97 Å². The van der Waals surface area contributed by atoms with Crippen molar-refractivity contribution < 1.29 is 19.1 Å². The molecule has 0 aromatic carbocycles. The average Bonchev–Trinajstić information content (AvgIpc) is 3.14. The predicted octanol–water partition coefficient (Wildman–Crippen LogP) is 2.17. The number of carbonyl (C=O) groups excluding carboxylic acids is 1. The molecule has 1 rings (SSSR count). The van der Waals surface area contributed by atoms with Crippen molar-refractivity contribution in [3.63, 3.8) is 0 Å². The number of rotatable bonds is 11. The predicted molar refractivity (Wildman–Crippen MR) is 97.4 cm³/mol. The highest BCUT2D eigenvalue weighted by molar-refractivity contribution is 5.79. The highest BCUT2D eigenvalue weighted by atomic mass is 16.5. The molecule has 1 atom stereocenters. The summed E-state index contributed by atoms with van der Waals surface area (Å²) >= 11 is 0.